The number of rotatable bonds is 9. The molecule has 4 heteroatoms. The number of hydrogen-bond donors (Lipinski definition) is 2. The van der Waals surface area contributed by atoms with E-state index >= 15 is 0 Å². The second-order valence-corrected chi connectivity index (χ2v) is 6.91. The molecule has 3 N–H and O–H groups in total. The van der Waals surface area contributed by atoms with Crippen molar-refractivity contribution in [1.82, 2.24) is 5.32 Å². The minimum atomic E-state index is -0.511. The first-order chi connectivity index (χ1) is 8.60. The predicted octanol–water partition coefficient (Wildman–Crippen LogP) is 2.32. The number of carbonyl (C=O) groups is 1. The summed E-state index contributed by atoms with van der Waals surface area (Å²) in [5.74, 6) is 0.653. The molecule has 0 aliphatic carbocycles. The van der Waals surface area contributed by atoms with Gasteiger partial charge in [0.2, 0.25) is 5.91 Å². The monoisotopic (exact) mass is 272 g/mol. The SMILES string of the molecule is CC(C)CCNC(=O)C(C)(C)COC(C)(C)CCN. The van der Waals surface area contributed by atoms with Crippen molar-refractivity contribution in [2.24, 2.45) is 17.1 Å². The highest BCUT2D eigenvalue weighted by molar-refractivity contribution is 5.81. The van der Waals surface area contributed by atoms with Crippen LogP contribution in [-0.4, -0.2) is 31.2 Å². The van der Waals surface area contributed by atoms with Crippen LogP contribution in [0.15, 0.2) is 0 Å². The molecule has 0 aliphatic heterocycles. The summed E-state index contributed by atoms with van der Waals surface area (Å²) in [6, 6.07) is 0. The van der Waals surface area contributed by atoms with Crippen LogP contribution in [-0.2, 0) is 9.53 Å². The lowest BCUT2D eigenvalue weighted by molar-refractivity contribution is -0.137. The van der Waals surface area contributed by atoms with E-state index in [4.69, 9.17) is 10.5 Å². The number of amides is 1. The lowest BCUT2D eigenvalue weighted by Crippen LogP contribution is -2.43. The normalized spacial score (nSPS) is 12.8. The van der Waals surface area contributed by atoms with Crippen LogP contribution < -0.4 is 11.1 Å². The fourth-order valence-corrected chi connectivity index (χ4v) is 1.57. The Morgan fingerprint density at radius 2 is 1.84 bits per heavy atom. The average Bonchev–Trinajstić information content (AvgIpc) is 2.26. The molecule has 0 unspecified atom stereocenters. The summed E-state index contributed by atoms with van der Waals surface area (Å²) in [5.41, 5.74) is 4.76. The molecule has 0 rings (SSSR count). The smallest absolute Gasteiger partial charge is 0.227 e. The Labute approximate surface area is 118 Å². The molecule has 0 saturated carbocycles. The van der Waals surface area contributed by atoms with Gasteiger partial charge in [-0.3, -0.25) is 4.79 Å². The summed E-state index contributed by atoms with van der Waals surface area (Å²) >= 11 is 0. The van der Waals surface area contributed by atoms with Gasteiger partial charge in [0.15, 0.2) is 0 Å². The molecule has 4 nitrogen and oxygen atoms in total. The first-order valence-corrected chi connectivity index (χ1v) is 7.23. The third-order valence-corrected chi connectivity index (χ3v) is 3.19. The maximum absolute atomic E-state index is 12.1. The van der Waals surface area contributed by atoms with Gasteiger partial charge in [-0.05, 0) is 53.0 Å². The summed E-state index contributed by atoms with van der Waals surface area (Å²) in [4.78, 5) is 12.1. The maximum atomic E-state index is 12.1. The van der Waals surface area contributed by atoms with Gasteiger partial charge in [-0.25, -0.2) is 0 Å². The van der Waals surface area contributed by atoms with Gasteiger partial charge in [0.05, 0.1) is 17.6 Å². The highest BCUT2D eigenvalue weighted by atomic mass is 16.5. The Hall–Kier alpha value is -0.610. The molecule has 0 aliphatic rings. The van der Waals surface area contributed by atoms with Crippen LogP contribution in [0.4, 0.5) is 0 Å². The molecule has 1 amide bonds. The zero-order chi connectivity index (χ0) is 15.1. The molecule has 0 radical (unpaired) electrons. The number of nitrogens with two attached hydrogens (primary N) is 1. The van der Waals surface area contributed by atoms with Crippen molar-refractivity contribution in [3.8, 4) is 0 Å². The molecular formula is C15H32N2O2. The third kappa shape index (κ3) is 8.22. The van der Waals surface area contributed by atoms with E-state index in [1.54, 1.807) is 0 Å². The first-order valence-electron chi connectivity index (χ1n) is 7.23. The molecule has 0 fully saturated rings. The van der Waals surface area contributed by atoms with Crippen molar-refractivity contribution in [2.75, 3.05) is 19.7 Å². The van der Waals surface area contributed by atoms with E-state index < -0.39 is 5.41 Å². The molecular weight excluding hydrogens is 240 g/mol. The van der Waals surface area contributed by atoms with E-state index in [9.17, 15) is 4.79 Å². The van der Waals surface area contributed by atoms with Gasteiger partial charge in [-0.1, -0.05) is 13.8 Å². The topological polar surface area (TPSA) is 64.3 Å². The van der Waals surface area contributed by atoms with Crippen molar-refractivity contribution in [1.29, 1.82) is 0 Å². The molecule has 0 saturated heterocycles. The number of nitrogens with one attached hydrogen (secondary N) is 1. The standard InChI is InChI=1S/C15H32N2O2/c1-12(2)7-10-17-13(18)14(3,4)11-19-15(5,6)8-9-16/h12H,7-11,16H2,1-6H3,(H,17,18). The molecule has 0 aromatic heterocycles. The van der Waals surface area contributed by atoms with Crippen molar-refractivity contribution >= 4 is 5.91 Å². The van der Waals surface area contributed by atoms with Gasteiger partial charge >= 0.3 is 0 Å². The maximum Gasteiger partial charge on any atom is 0.227 e. The van der Waals surface area contributed by atoms with Crippen molar-refractivity contribution in [3.05, 3.63) is 0 Å². The molecule has 0 heterocycles. The van der Waals surface area contributed by atoms with Gasteiger partial charge in [0, 0.05) is 6.54 Å². The quantitative estimate of drug-likeness (QED) is 0.677. The number of hydrogen-bond acceptors (Lipinski definition) is 3. The van der Waals surface area contributed by atoms with E-state index in [-0.39, 0.29) is 11.5 Å². The third-order valence-electron chi connectivity index (χ3n) is 3.19. The largest absolute Gasteiger partial charge is 0.374 e. The zero-order valence-corrected chi connectivity index (χ0v) is 13.5. The van der Waals surface area contributed by atoms with E-state index in [1.807, 2.05) is 27.7 Å². The van der Waals surface area contributed by atoms with Crippen molar-refractivity contribution in [2.45, 2.75) is 60.0 Å². The molecule has 19 heavy (non-hydrogen) atoms. The van der Waals surface area contributed by atoms with Gasteiger partial charge in [-0.15, -0.1) is 0 Å². The summed E-state index contributed by atoms with van der Waals surface area (Å²) in [6.07, 6.45) is 1.79. The summed E-state index contributed by atoms with van der Waals surface area (Å²) < 4.78 is 5.84. The number of carbonyl (C=O) groups excluding carboxylic acids is 1. The van der Waals surface area contributed by atoms with Crippen LogP contribution in [0, 0.1) is 11.3 Å². The van der Waals surface area contributed by atoms with E-state index in [0.717, 1.165) is 19.4 Å². The number of ether oxygens (including phenoxy) is 1. The molecule has 0 aromatic carbocycles. The van der Waals surface area contributed by atoms with E-state index in [0.29, 0.717) is 19.1 Å². The predicted molar refractivity (Wildman–Crippen MR) is 79.9 cm³/mol. The minimum Gasteiger partial charge on any atom is -0.374 e. The van der Waals surface area contributed by atoms with Crippen LogP contribution >= 0.6 is 0 Å². The van der Waals surface area contributed by atoms with E-state index in [1.165, 1.54) is 0 Å². The Balaban J connectivity index is 4.18. The van der Waals surface area contributed by atoms with Crippen LogP contribution in [0.25, 0.3) is 0 Å². The summed E-state index contributed by atoms with van der Waals surface area (Å²) in [7, 11) is 0. The fourth-order valence-electron chi connectivity index (χ4n) is 1.57. The van der Waals surface area contributed by atoms with Crippen LogP contribution in [0.1, 0.15) is 54.4 Å². The van der Waals surface area contributed by atoms with Crippen LogP contribution in [0.3, 0.4) is 0 Å². The first kappa shape index (κ1) is 18.4. The summed E-state index contributed by atoms with van der Waals surface area (Å²) in [5, 5.41) is 2.98. The Morgan fingerprint density at radius 3 is 2.32 bits per heavy atom. The second-order valence-electron chi connectivity index (χ2n) is 6.91. The molecule has 0 aromatic rings. The van der Waals surface area contributed by atoms with Gasteiger partial charge in [0.25, 0.3) is 0 Å². The van der Waals surface area contributed by atoms with Gasteiger partial charge in [-0.2, -0.15) is 0 Å². The second kappa shape index (κ2) is 7.85. The summed E-state index contributed by atoms with van der Waals surface area (Å²) in [6.45, 7) is 13.9. The highest BCUT2D eigenvalue weighted by Gasteiger charge is 2.30. The lowest BCUT2D eigenvalue weighted by atomic mass is 9.92. The van der Waals surface area contributed by atoms with E-state index in [2.05, 4.69) is 19.2 Å². The van der Waals surface area contributed by atoms with Crippen molar-refractivity contribution in [3.63, 3.8) is 0 Å². The van der Waals surface area contributed by atoms with Crippen LogP contribution in [0.5, 0.6) is 0 Å². The van der Waals surface area contributed by atoms with Gasteiger partial charge < -0.3 is 15.8 Å². The molecule has 114 valence electrons. The lowest BCUT2D eigenvalue weighted by Gasteiger charge is -2.31. The van der Waals surface area contributed by atoms with Crippen molar-refractivity contribution < 1.29 is 9.53 Å². The highest BCUT2D eigenvalue weighted by Crippen LogP contribution is 2.22. The van der Waals surface area contributed by atoms with Crippen LogP contribution in [0.2, 0.25) is 0 Å². The minimum absolute atomic E-state index is 0.0525. The Morgan fingerprint density at radius 1 is 1.26 bits per heavy atom. The molecule has 0 spiro atoms. The van der Waals surface area contributed by atoms with Gasteiger partial charge in [0.1, 0.15) is 0 Å². The Kier molecular flexibility index (Phi) is 7.60. The Bertz CT molecular complexity index is 273. The zero-order valence-electron chi connectivity index (χ0n) is 13.5. The average molecular weight is 272 g/mol. The molecule has 0 atom stereocenters. The fraction of sp³-hybridized carbons (Fsp3) is 0.933. The molecule has 0 bridgehead atoms.